The van der Waals surface area contributed by atoms with Crippen molar-refractivity contribution in [3.63, 3.8) is 0 Å². The fraction of sp³-hybridized carbons (Fsp3) is 0.438. The van der Waals surface area contributed by atoms with Crippen LogP contribution in [0.3, 0.4) is 0 Å². The van der Waals surface area contributed by atoms with E-state index in [0.29, 0.717) is 6.54 Å². The molecule has 0 saturated carbocycles. The quantitative estimate of drug-likeness (QED) is 0.618. The van der Waals surface area contributed by atoms with Gasteiger partial charge in [-0.25, -0.2) is 9.18 Å². The third-order valence-electron chi connectivity index (χ3n) is 3.60. The molecule has 0 unspecified atom stereocenters. The van der Waals surface area contributed by atoms with Gasteiger partial charge >= 0.3 is 5.97 Å². The van der Waals surface area contributed by atoms with Crippen molar-refractivity contribution in [3.8, 4) is 0 Å². The number of hydrogen-bond acceptors (Lipinski definition) is 2. The number of aromatic carboxylic acids is 1. The molecule has 4 heteroatoms. The third-order valence-corrected chi connectivity index (χ3v) is 3.60. The lowest BCUT2D eigenvalue weighted by atomic mass is 9.97. The number of hydrogen-bond donors (Lipinski definition) is 2. The summed E-state index contributed by atoms with van der Waals surface area (Å²) in [5.41, 5.74) is 2.00. The summed E-state index contributed by atoms with van der Waals surface area (Å²) in [6.45, 7) is 1.43. The Bertz CT molecular complexity index is 511. The fourth-order valence-corrected chi connectivity index (χ4v) is 2.46. The highest BCUT2D eigenvalue weighted by Gasteiger charge is 2.10. The van der Waals surface area contributed by atoms with E-state index >= 15 is 0 Å². The highest BCUT2D eigenvalue weighted by atomic mass is 19.1. The second kappa shape index (κ2) is 7.20. The van der Waals surface area contributed by atoms with Crippen LogP contribution in [0.25, 0.3) is 0 Å². The van der Waals surface area contributed by atoms with Crippen LogP contribution >= 0.6 is 0 Å². The molecule has 1 aromatic carbocycles. The Balaban J connectivity index is 1.78. The molecular formula is C16H20FNO2. The minimum atomic E-state index is -1.23. The first kappa shape index (κ1) is 14.7. The van der Waals surface area contributed by atoms with Crippen LogP contribution in [0.2, 0.25) is 0 Å². The summed E-state index contributed by atoms with van der Waals surface area (Å²) in [5.74, 6) is -1.90. The predicted octanol–water partition coefficient (Wildman–Crippen LogP) is 3.50. The Morgan fingerprint density at radius 1 is 1.35 bits per heavy atom. The highest BCUT2D eigenvalue weighted by Crippen LogP contribution is 2.19. The SMILES string of the molecule is O=C(O)c1ccc(CNCCC2=CCCCC2)cc1F. The van der Waals surface area contributed by atoms with E-state index < -0.39 is 11.8 Å². The van der Waals surface area contributed by atoms with Crippen molar-refractivity contribution in [2.45, 2.75) is 38.6 Å². The minimum Gasteiger partial charge on any atom is -0.478 e. The first-order valence-electron chi connectivity index (χ1n) is 7.07. The van der Waals surface area contributed by atoms with E-state index in [1.807, 2.05) is 0 Å². The lowest BCUT2D eigenvalue weighted by molar-refractivity contribution is 0.0692. The molecule has 0 fully saturated rings. The molecule has 0 spiro atoms. The van der Waals surface area contributed by atoms with Gasteiger partial charge in [-0.05, 0) is 56.3 Å². The van der Waals surface area contributed by atoms with E-state index in [0.717, 1.165) is 18.5 Å². The molecule has 0 aromatic heterocycles. The van der Waals surface area contributed by atoms with Crippen molar-refractivity contribution < 1.29 is 14.3 Å². The molecule has 0 bridgehead atoms. The number of nitrogens with one attached hydrogen (secondary N) is 1. The summed E-state index contributed by atoms with van der Waals surface area (Å²) < 4.78 is 13.5. The number of allylic oxidation sites excluding steroid dienone is 1. The first-order chi connectivity index (χ1) is 9.66. The van der Waals surface area contributed by atoms with Crippen LogP contribution < -0.4 is 5.32 Å². The molecule has 20 heavy (non-hydrogen) atoms. The fourth-order valence-electron chi connectivity index (χ4n) is 2.46. The van der Waals surface area contributed by atoms with Gasteiger partial charge in [0.15, 0.2) is 0 Å². The molecular weight excluding hydrogens is 257 g/mol. The van der Waals surface area contributed by atoms with Gasteiger partial charge in [-0.2, -0.15) is 0 Å². The van der Waals surface area contributed by atoms with Crippen LogP contribution in [0.1, 0.15) is 48.0 Å². The molecule has 0 saturated heterocycles. The van der Waals surface area contributed by atoms with E-state index in [4.69, 9.17) is 5.11 Å². The van der Waals surface area contributed by atoms with E-state index in [-0.39, 0.29) is 5.56 Å². The Morgan fingerprint density at radius 3 is 2.85 bits per heavy atom. The Labute approximate surface area is 118 Å². The van der Waals surface area contributed by atoms with Crippen molar-refractivity contribution in [2.75, 3.05) is 6.54 Å². The summed E-state index contributed by atoms with van der Waals surface area (Å²) in [6, 6.07) is 4.26. The summed E-state index contributed by atoms with van der Waals surface area (Å²) in [4.78, 5) is 10.7. The maximum atomic E-state index is 13.5. The number of rotatable bonds is 6. The molecule has 1 aliphatic carbocycles. The number of carboxylic acids is 1. The average Bonchev–Trinajstić information content (AvgIpc) is 2.44. The molecule has 0 amide bonds. The van der Waals surface area contributed by atoms with Gasteiger partial charge in [-0.1, -0.05) is 17.7 Å². The van der Waals surface area contributed by atoms with E-state index in [1.54, 1.807) is 6.07 Å². The molecule has 0 aliphatic heterocycles. The second-order valence-corrected chi connectivity index (χ2v) is 5.15. The molecule has 1 aromatic rings. The van der Waals surface area contributed by atoms with Gasteiger partial charge in [-0.15, -0.1) is 0 Å². The lowest BCUT2D eigenvalue weighted by Crippen LogP contribution is -2.16. The van der Waals surface area contributed by atoms with Crippen molar-refractivity contribution in [1.29, 1.82) is 0 Å². The zero-order chi connectivity index (χ0) is 14.4. The molecule has 3 nitrogen and oxygen atoms in total. The largest absolute Gasteiger partial charge is 0.478 e. The average molecular weight is 277 g/mol. The van der Waals surface area contributed by atoms with Gasteiger partial charge in [0.1, 0.15) is 5.82 Å². The number of carbonyl (C=O) groups is 1. The molecule has 0 heterocycles. The summed E-state index contributed by atoms with van der Waals surface area (Å²) in [6.07, 6.45) is 8.34. The van der Waals surface area contributed by atoms with Crippen molar-refractivity contribution in [2.24, 2.45) is 0 Å². The van der Waals surface area contributed by atoms with Crippen LogP contribution in [0.15, 0.2) is 29.8 Å². The van der Waals surface area contributed by atoms with Crippen molar-refractivity contribution in [1.82, 2.24) is 5.32 Å². The third kappa shape index (κ3) is 4.17. The lowest BCUT2D eigenvalue weighted by Gasteiger charge is -2.13. The second-order valence-electron chi connectivity index (χ2n) is 5.15. The van der Waals surface area contributed by atoms with Crippen molar-refractivity contribution >= 4 is 5.97 Å². The number of benzene rings is 1. The zero-order valence-corrected chi connectivity index (χ0v) is 11.5. The number of halogens is 1. The topological polar surface area (TPSA) is 49.3 Å². The molecule has 2 N–H and O–H groups in total. The van der Waals surface area contributed by atoms with Crippen LogP contribution in [0.5, 0.6) is 0 Å². The first-order valence-corrected chi connectivity index (χ1v) is 7.07. The molecule has 1 aliphatic rings. The Hall–Kier alpha value is -1.68. The standard InChI is InChI=1S/C16H20FNO2/c17-15-10-13(6-7-14(15)16(19)20)11-18-9-8-12-4-2-1-3-5-12/h4,6-7,10,18H,1-3,5,8-9,11H2,(H,19,20). The van der Waals surface area contributed by atoms with E-state index in [1.165, 1.54) is 43.4 Å². The van der Waals surface area contributed by atoms with Crippen molar-refractivity contribution in [3.05, 3.63) is 46.8 Å². The smallest absolute Gasteiger partial charge is 0.338 e. The van der Waals surface area contributed by atoms with Crippen LogP contribution in [0, 0.1) is 5.82 Å². The van der Waals surface area contributed by atoms with Gasteiger partial charge in [0.25, 0.3) is 0 Å². The highest BCUT2D eigenvalue weighted by molar-refractivity contribution is 5.87. The summed E-state index contributed by atoms with van der Waals surface area (Å²) in [5, 5.41) is 12.0. The normalized spacial score (nSPS) is 14.9. The minimum absolute atomic E-state index is 0.277. The Morgan fingerprint density at radius 2 is 2.20 bits per heavy atom. The van der Waals surface area contributed by atoms with Gasteiger partial charge in [0, 0.05) is 6.54 Å². The summed E-state index contributed by atoms with van der Waals surface area (Å²) >= 11 is 0. The van der Waals surface area contributed by atoms with Crippen LogP contribution in [0.4, 0.5) is 4.39 Å². The van der Waals surface area contributed by atoms with Crippen LogP contribution in [-0.2, 0) is 6.54 Å². The predicted molar refractivity (Wildman–Crippen MR) is 76.2 cm³/mol. The van der Waals surface area contributed by atoms with Gasteiger partial charge in [-0.3, -0.25) is 0 Å². The maximum Gasteiger partial charge on any atom is 0.338 e. The summed E-state index contributed by atoms with van der Waals surface area (Å²) in [7, 11) is 0. The molecule has 0 atom stereocenters. The van der Waals surface area contributed by atoms with Crippen LogP contribution in [-0.4, -0.2) is 17.6 Å². The number of carboxylic acid groups (broad SMARTS) is 1. The van der Waals surface area contributed by atoms with Gasteiger partial charge < -0.3 is 10.4 Å². The molecule has 2 rings (SSSR count). The molecule has 108 valence electrons. The maximum absolute atomic E-state index is 13.5. The van der Waals surface area contributed by atoms with E-state index in [2.05, 4.69) is 11.4 Å². The Kier molecular flexibility index (Phi) is 5.30. The van der Waals surface area contributed by atoms with Gasteiger partial charge in [0.05, 0.1) is 5.56 Å². The van der Waals surface area contributed by atoms with Gasteiger partial charge in [0.2, 0.25) is 0 Å². The van der Waals surface area contributed by atoms with E-state index in [9.17, 15) is 9.18 Å². The molecule has 0 radical (unpaired) electrons. The monoisotopic (exact) mass is 277 g/mol. The zero-order valence-electron chi connectivity index (χ0n) is 11.5.